The van der Waals surface area contributed by atoms with Gasteiger partial charge in [-0.1, -0.05) is 12.1 Å². The first-order chi connectivity index (χ1) is 10.0. The van der Waals surface area contributed by atoms with Gasteiger partial charge in [-0.3, -0.25) is 0 Å². The molecule has 114 valence electrons. The molecule has 2 atom stereocenters. The number of carboxylic acids is 1. The highest BCUT2D eigenvalue weighted by Crippen LogP contribution is 2.18. The molecule has 1 fully saturated rings. The number of urea groups is 1. The van der Waals surface area contributed by atoms with Gasteiger partial charge in [0, 0.05) is 19.5 Å². The molecule has 0 spiro atoms. The number of carboxylic acid groups (broad SMARTS) is 1. The number of rotatable bonds is 4. The van der Waals surface area contributed by atoms with Crippen LogP contribution in [0.5, 0.6) is 5.75 Å². The summed E-state index contributed by atoms with van der Waals surface area (Å²) in [5.41, 5.74) is 0.842. The van der Waals surface area contributed by atoms with Crippen molar-refractivity contribution in [1.82, 2.24) is 10.2 Å². The Balaban J connectivity index is 1.96. The Morgan fingerprint density at radius 2 is 2.24 bits per heavy atom. The zero-order valence-electron chi connectivity index (χ0n) is 11.7. The highest BCUT2D eigenvalue weighted by Gasteiger charge is 2.38. The van der Waals surface area contributed by atoms with Crippen molar-refractivity contribution in [2.24, 2.45) is 0 Å². The van der Waals surface area contributed by atoms with Gasteiger partial charge in [0.2, 0.25) is 0 Å². The molecule has 2 amide bonds. The number of aliphatic hydroxyl groups is 1. The van der Waals surface area contributed by atoms with Gasteiger partial charge < -0.3 is 25.2 Å². The second-order valence-electron chi connectivity index (χ2n) is 4.91. The Bertz CT molecular complexity index is 534. The fraction of sp³-hybridized carbons (Fsp3) is 0.429. The number of nitrogens with zero attached hydrogens (tertiary/aromatic N) is 1. The lowest BCUT2D eigenvalue weighted by atomic mass is 10.2. The molecular weight excluding hydrogens is 276 g/mol. The highest BCUT2D eigenvalue weighted by molar-refractivity contribution is 5.83. The van der Waals surface area contributed by atoms with E-state index in [9.17, 15) is 14.7 Å². The van der Waals surface area contributed by atoms with Crippen molar-refractivity contribution in [3.8, 4) is 5.75 Å². The van der Waals surface area contributed by atoms with E-state index in [1.54, 1.807) is 25.3 Å². The summed E-state index contributed by atoms with van der Waals surface area (Å²) in [5.74, 6) is -0.426. The van der Waals surface area contributed by atoms with Crippen LogP contribution in [0.1, 0.15) is 12.0 Å². The van der Waals surface area contributed by atoms with Crippen molar-refractivity contribution in [1.29, 1.82) is 0 Å². The van der Waals surface area contributed by atoms with E-state index in [1.807, 2.05) is 6.07 Å². The fourth-order valence-corrected chi connectivity index (χ4v) is 2.33. The number of aliphatic hydroxyl groups excluding tert-OH is 1. The third-order valence-electron chi connectivity index (χ3n) is 3.40. The normalized spacial score (nSPS) is 21.1. The lowest BCUT2D eigenvalue weighted by molar-refractivity contribution is -0.141. The summed E-state index contributed by atoms with van der Waals surface area (Å²) in [6.45, 7) is 0.288. The van der Waals surface area contributed by atoms with E-state index in [1.165, 1.54) is 0 Å². The number of hydrogen-bond donors (Lipinski definition) is 3. The molecule has 0 saturated carbocycles. The van der Waals surface area contributed by atoms with E-state index >= 15 is 0 Å². The molecule has 21 heavy (non-hydrogen) atoms. The zero-order chi connectivity index (χ0) is 15.4. The maximum absolute atomic E-state index is 12.0. The third kappa shape index (κ3) is 3.63. The molecular formula is C14H18N2O5. The Kier molecular flexibility index (Phi) is 4.64. The number of β-amino-alcohol motifs (C(OH)–C–C–N with tert-alkyl or cyclic N) is 1. The van der Waals surface area contributed by atoms with Gasteiger partial charge in [-0.15, -0.1) is 0 Å². The maximum atomic E-state index is 12.0. The van der Waals surface area contributed by atoms with Crippen LogP contribution in [-0.4, -0.2) is 52.9 Å². The van der Waals surface area contributed by atoms with Gasteiger partial charge in [-0.2, -0.15) is 0 Å². The largest absolute Gasteiger partial charge is 0.497 e. The van der Waals surface area contributed by atoms with Gasteiger partial charge in [0.15, 0.2) is 0 Å². The minimum Gasteiger partial charge on any atom is -0.497 e. The maximum Gasteiger partial charge on any atom is 0.326 e. The summed E-state index contributed by atoms with van der Waals surface area (Å²) in [7, 11) is 1.56. The summed E-state index contributed by atoms with van der Waals surface area (Å²) in [6, 6.07) is 5.74. The molecule has 7 heteroatoms. The number of hydrogen-bond acceptors (Lipinski definition) is 4. The minimum absolute atomic E-state index is 0.0287. The summed E-state index contributed by atoms with van der Waals surface area (Å²) in [6.07, 6.45) is -0.740. The van der Waals surface area contributed by atoms with Gasteiger partial charge in [0.25, 0.3) is 0 Å². The van der Waals surface area contributed by atoms with E-state index in [0.717, 1.165) is 10.5 Å². The van der Waals surface area contributed by atoms with Crippen LogP contribution in [0.15, 0.2) is 24.3 Å². The minimum atomic E-state index is -1.11. The van der Waals surface area contributed by atoms with Crippen LogP contribution in [0.3, 0.4) is 0 Å². The van der Waals surface area contributed by atoms with Crippen molar-refractivity contribution < 1.29 is 24.5 Å². The van der Waals surface area contributed by atoms with Crippen LogP contribution in [0.2, 0.25) is 0 Å². The lowest BCUT2D eigenvalue weighted by Crippen LogP contribution is -2.45. The standard InChI is InChI=1S/C14H18N2O5/c1-21-11-4-2-3-9(5-11)7-15-14(20)16-8-10(17)6-12(16)13(18)19/h2-5,10,12,17H,6-8H2,1H3,(H,15,20)(H,18,19)/t10?,12-/m0/s1. The van der Waals surface area contributed by atoms with Gasteiger partial charge in [-0.25, -0.2) is 9.59 Å². The van der Waals surface area contributed by atoms with E-state index < -0.39 is 24.1 Å². The fourth-order valence-electron chi connectivity index (χ4n) is 2.33. The first kappa shape index (κ1) is 15.1. The van der Waals surface area contributed by atoms with Gasteiger partial charge in [0.05, 0.1) is 13.2 Å². The predicted molar refractivity (Wildman–Crippen MR) is 74.0 cm³/mol. The molecule has 3 N–H and O–H groups in total. The molecule has 1 heterocycles. The average Bonchev–Trinajstić information content (AvgIpc) is 2.87. The molecule has 0 aliphatic carbocycles. The SMILES string of the molecule is COc1cccc(CNC(=O)N2CC(O)C[C@H]2C(=O)O)c1. The smallest absolute Gasteiger partial charge is 0.326 e. The lowest BCUT2D eigenvalue weighted by Gasteiger charge is -2.21. The Labute approximate surface area is 122 Å². The molecule has 1 aliphatic rings. The van der Waals surface area contributed by atoms with Crippen molar-refractivity contribution >= 4 is 12.0 Å². The van der Waals surface area contributed by atoms with Crippen LogP contribution in [0, 0.1) is 0 Å². The number of ether oxygens (including phenoxy) is 1. The Morgan fingerprint density at radius 1 is 1.48 bits per heavy atom. The molecule has 1 saturated heterocycles. The Hall–Kier alpha value is -2.28. The van der Waals surface area contributed by atoms with Crippen LogP contribution >= 0.6 is 0 Å². The van der Waals surface area contributed by atoms with Gasteiger partial charge in [0.1, 0.15) is 11.8 Å². The van der Waals surface area contributed by atoms with Gasteiger partial charge in [-0.05, 0) is 17.7 Å². The van der Waals surface area contributed by atoms with Crippen molar-refractivity contribution in [2.75, 3.05) is 13.7 Å². The number of amides is 2. The number of benzene rings is 1. The van der Waals surface area contributed by atoms with Crippen molar-refractivity contribution in [2.45, 2.75) is 25.1 Å². The zero-order valence-corrected chi connectivity index (χ0v) is 11.7. The second kappa shape index (κ2) is 6.45. The molecule has 0 aromatic heterocycles. The molecule has 7 nitrogen and oxygen atoms in total. The number of aliphatic carboxylic acids is 1. The number of carbonyl (C=O) groups excluding carboxylic acids is 1. The van der Waals surface area contributed by atoms with E-state index in [4.69, 9.17) is 9.84 Å². The van der Waals surface area contributed by atoms with Crippen LogP contribution in [0.25, 0.3) is 0 Å². The summed E-state index contributed by atoms with van der Waals surface area (Å²) in [5, 5.41) is 21.2. The van der Waals surface area contributed by atoms with Crippen molar-refractivity contribution in [3.05, 3.63) is 29.8 Å². The number of carbonyl (C=O) groups is 2. The first-order valence-electron chi connectivity index (χ1n) is 6.59. The van der Waals surface area contributed by atoms with Crippen LogP contribution in [0.4, 0.5) is 4.79 Å². The van der Waals surface area contributed by atoms with Crippen molar-refractivity contribution in [3.63, 3.8) is 0 Å². The van der Waals surface area contributed by atoms with E-state index in [0.29, 0.717) is 5.75 Å². The van der Waals surface area contributed by atoms with E-state index in [-0.39, 0.29) is 19.5 Å². The highest BCUT2D eigenvalue weighted by atomic mass is 16.5. The van der Waals surface area contributed by atoms with E-state index in [2.05, 4.69) is 5.32 Å². The van der Waals surface area contributed by atoms with Crippen LogP contribution in [-0.2, 0) is 11.3 Å². The molecule has 0 bridgehead atoms. The monoisotopic (exact) mass is 294 g/mol. The molecule has 1 aromatic rings. The second-order valence-corrected chi connectivity index (χ2v) is 4.91. The molecule has 0 radical (unpaired) electrons. The number of methoxy groups -OCH3 is 1. The molecule has 2 rings (SSSR count). The quantitative estimate of drug-likeness (QED) is 0.747. The molecule has 1 aromatic carbocycles. The third-order valence-corrected chi connectivity index (χ3v) is 3.40. The topological polar surface area (TPSA) is 99.1 Å². The van der Waals surface area contributed by atoms with Crippen LogP contribution < -0.4 is 10.1 Å². The Morgan fingerprint density at radius 3 is 2.90 bits per heavy atom. The summed E-state index contributed by atoms with van der Waals surface area (Å²) in [4.78, 5) is 24.3. The molecule has 1 unspecified atom stereocenters. The first-order valence-corrected chi connectivity index (χ1v) is 6.59. The molecule has 1 aliphatic heterocycles. The number of likely N-dealkylation sites (tertiary alicyclic amines) is 1. The average molecular weight is 294 g/mol. The van der Waals surface area contributed by atoms with Gasteiger partial charge >= 0.3 is 12.0 Å². The summed E-state index contributed by atoms with van der Waals surface area (Å²) < 4.78 is 5.09. The predicted octanol–water partition coefficient (Wildman–Crippen LogP) is 0.425. The summed E-state index contributed by atoms with van der Waals surface area (Å²) >= 11 is 0. The number of nitrogens with one attached hydrogen (secondary N) is 1.